The average molecular weight is 606 g/mol. The highest BCUT2D eigenvalue weighted by Crippen LogP contribution is 2.37. The smallest absolute Gasteiger partial charge is 0.325 e. The molecule has 3 unspecified atom stereocenters. The number of esters is 1. The first-order chi connectivity index (χ1) is 21.0. The number of nitrogens with one attached hydrogen (secondary N) is 3. The van der Waals surface area contributed by atoms with E-state index in [4.69, 9.17) is 14.5 Å². The largest absolute Gasteiger partial charge is 0.455 e. The van der Waals surface area contributed by atoms with Crippen LogP contribution in [0.2, 0.25) is 0 Å². The molecule has 0 saturated carbocycles. The van der Waals surface area contributed by atoms with E-state index in [-0.39, 0.29) is 23.7 Å². The summed E-state index contributed by atoms with van der Waals surface area (Å²) in [6, 6.07) is 7.16. The molecule has 2 aromatic rings. The Bertz CT molecular complexity index is 1450. The molecule has 3 aliphatic rings. The van der Waals surface area contributed by atoms with E-state index >= 15 is 0 Å². The number of fused-ring (bicyclic) bond motifs is 4. The Morgan fingerprint density at radius 3 is 2.55 bits per heavy atom. The van der Waals surface area contributed by atoms with Crippen molar-refractivity contribution in [1.29, 1.82) is 0 Å². The third-order valence-electron chi connectivity index (χ3n) is 9.04. The number of carbonyl (C=O) groups is 4. The fourth-order valence-electron chi connectivity index (χ4n) is 6.02. The molecule has 11 nitrogen and oxygen atoms in total. The van der Waals surface area contributed by atoms with Gasteiger partial charge in [0, 0.05) is 24.5 Å². The highest BCUT2D eigenvalue weighted by atomic mass is 16.5. The molecule has 44 heavy (non-hydrogen) atoms. The van der Waals surface area contributed by atoms with Crippen molar-refractivity contribution in [2.24, 2.45) is 17.3 Å². The molecule has 0 aliphatic carbocycles. The maximum atomic E-state index is 14.0. The molecule has 2 fully saturated rings. The minimum atomic E-state index is -0.968. The summed E-state index contributed by atoms with van der Waals surface area (Å²) in [5.41, 5.74) is 4.21. The SMILES string of the molecule is CC1NC(=O)[C@H](C(C)C)NC(=O)C(C)(C2CCOC2)/C=C/c2ccc3ccc(nc3c2)[C@@H](C)OC(=O)[C@@H]2CCCN(N2)C1=O. The van der Waals surface area contributed by atoms with Gasteiger partial charge in [-0.15, -0.1) is 0 Å². The van der Waals surface area contributed by atoms with Gasteiger partial charge in [0.1, 0.15) is 24.2 Å². The second-order valence-electron chi connectivity index (χ2n) is 12.7. The Kier molecular flexibility index (Phi) is 9.36. The van der Waals surface area contributed by atoms with Crippen LogP contribution in [0.25, 0.3) is 17.0 Å². The quantitative estimate of drug-likeness (QED) is 0.444. The van der Waals surface area contributed by atoms with Gasteiger partial charge in [0.05, 0.1) is 23.2 Å². The van der Waals surface area contributed by atoms with E-state index in [1.807, 2.05) is 63.3 Å². The number of benzene rings is 1. The van der Waals surface area contributed by atoms with Gasteiger partial charge in [-0.05, 0) is 63.6 Å². The van der Waals surface area contributed by atoms with Crippen molar-refractivity contribution in [3.05, 3.63) is 47.7 Å². The van der Waals surface area contributed by atoms with Crippen molar-refractivity contribution in [2.45, 2.75) is 78.1 Å². The maximum absolute atomic E-state index is 14.0. The van der Waals surface area contributed by atoms with E-state index in [0.29, 0.717) is 44.7 Å². The summed E-state index contributed by atoms with van der Waals surface area (Å²) in [6.07, 6.45) is 4.98. The van der Waals surface area contributed by atoms with Gasteiger partial charge in [-0.25, -0.2) is 10.4 Å². The number of hydrazine groups is 1. The topological polar surface area (TPSA) is 139 Å². The van der Waals surface area contributed by atoms with Crippen LogP contribution in [0.3, 0.4) is 0 Å². The van der Waals surface area contributed by atoms with Crippen molar-refractivity contribution in [1.82, 2.24) is 26.1 Å². The zero-order valence-electron chi connectivity index (χ0n) is 26.1. The maximum Gasteiger partial charge on any atom is 0.325 e. The minimum Gasteiger partial charge on any atom is -0.455 e. The van der Waals surface area contributed by atoms with E-state index in [1.54, 1.807) is 13.8 Å². The van der Waals surface area contributed by atoms with Crippen molar-refractivity contribution in [3.8, 4) is 0 Å². The summed E-state index contributed by atoms with van der Waals surface area (Å²) in [7, 11) is 0. The van der Waals surface area contributed by atoms with Crippen LogP contribution in [0.5, 0.6) is 0 Å². The number of ether oxygens (including phenoxy) is 2. The first kappa shape index (κ1) is 31.6. The fourth-order valence-corrected chi connectivity index (χ4v) is 6.02. The standard InChI is InChI=1S/C33H43N5O6/c1-19(2)28-29(39)34-20(3)30(40)38-15-6-7-26(37-38)31(41)44-21(4)25-11-10-23-9-8-22(17-27(23)35-25)12-14-33(5,32(42)36-28)24-13-16-43-18-24/h8-12,14,17,19-21,24,26,28,37H,6-7,13,15-16,18H2,1-5H3,(H,34,39)(H,36,42)/b14-12+/t20?,21-,24?,26+,28+,33?/m1/s1. The summed E-state index contributed by atoms with van der Waals surface area (Å²) in [5.74, 6) is -1.93. The van der Waals surface area contributed by atoms with Crippen LogP contribution in [0.15, 0.2) is 36.4 Å². The highest BCUT2D eigenvalue weighted by Gasteiger charge is 2.43. The Balaban J connectivity index is 1.54. The zero-order valence-corrected chi connectivity index (χ0v) is 26.1. The molecule has 1 aromatic heterocycles. The molecule has 0 spiro atoms. The van der Waals surface area contributed by atoms with Crippen LogP contribution in [-0.2, 0) is 28.7 Å². The highest BCUT2D eigenvalue weighted by molar-refractivity contribution is 5.94. The molecule has 236 valence electrons. The number of carbonyl (C=O) groups excluding carboxylic acids is 4. The Labute approximate surface area is 258 Å². The number of cyclic esters (lactones) is 1. The number of nitrogens with zero attached hydrogens (tertiary/aromatic N) is 2. The van der Waals surface area contributed by atoms with Crippen molar-refractivity contribution in [3.63, 3.8) is 0 Å². The van der Waals surface area contributed by atoms with E-state index in [2.05, 4.69) is 16.1 Å². The predicted molar refractivity (Wildman–Crippen MR) is 165 cm³/mol. The lowest BCUT2D eigenvalue weighted by Crippen LogP contribution is -2.61. The Hall–Kier alpha value is -3.83. The number of rotatable bonds is 2. The third-order valence-corrected chi connectivity index (χ3v) is 9.04. The second-order valence-corrected chi connectivity index (χ2v) is 12.7. The molecule has 2 saturated heterocycles. The molecule has 0 radical (unpaired) electrons. The lowest BCUT2D eigenvalue weighted by Gasteiger charge is -2.35. The summed E-state index contributed by atoms with van der Waals surface area (Å²) < 4.78 is 11.5. The summed E-state index contributed by atoms with van der Waals surface area (Å²) in [6.45, 7) is 10.3. The summed E-state index contributed by atoms with van der Waals surface area (Å²) in [5, 5.41) is 8.08. The molecule has 1 aromatic carbocycles. The van der Waals surface area contributed by atoms with E-state index in [0.717, 1.165) is 16.5 Å². The van der Waals surface area contributed by atoms with Gasteiger partial charge in [0.2, 0.25) is 11.8 Å². The Morgan fingerprint density at radius 2 is 1.82 bits per heavy atom. The van der Waals surface area contributed by atoms with E-state index in [1.165, 1.54) is 5.01 Å². The fraction of sp³-hybridized carbons (Fsp3) is 0.545. The number of aromatic nitrogens is 1. The van der Waals surface area contributed by atoms with Crippen LogP contribution in [0.4, 0.5) is 0 Å². The van der Waals surface area contributed by atoms with Gasteiger partial charge in [-0.2, -0.15) is 0 Å². The normalized spacial score (nSPS) is 31.5. The number of pyridine rings is 1. The molecule has 11 heteroatoms. The Morgan fingerprint density at radius 1 is 1.05 bits per heavy atom. The van der Waals surface area contributed by atoms with E-state index in [9.17, 15) is 19.2 Å². The molecule has 4 heterocycles. The van der Waals surface area contributed by atoms with Crippen molar-refractivity contribution >= 4 is 40.7 Å². The lowest BCUT2D eigenvalue weighted by atomic mass is 9.74. The first-order valence-electron chi connectivity index (χ1n) is 15.5. The van der Waals surface area contributed by atoms with Gasteiger partial charge in [0.25, 0.3) is 5.91 Å². The summed E-state index contributed by atoms with van der Waals surface area (Å²) in [4.78, 5) is 58.8. The number of hydrogen-bond acceptors (Lipinski definition) is 8. The molecule has 6 atom stereocenters. The molecular formula is C33H43N5O6. The second kappa shape index (κ2) is 13.0. The van der Waals surface area contributed by atoms with Crippen LogP contribution >= 0.6 is 0 Å². The zero-order chi connectivity index (χ0) is 31.6. The number of hydrogen-bond donors (Lipinski definition) is 3. The first-order valence-corrected chi connectivity index (χ1v) is 15.5. The number of amides is 3. The van der Waals surface area contributed by atoms with Gasteiger partial charge >= 0.3 is 5.97 Å². The molecule has 3 aliphatic heterocycles. The molecular weight excluding hydrogens is 562 g/mol. The molecule has 5 bridgehead atoms. The van der Waals surface area contributed by atoms with Gasteiger partial charge < -0.3 is 20.1 Å². The minimum absolute atomic E-state index is 0.0874. The van der Waals surface area contributed by atoms with Crippen LogP contribution in [0.1, 0.15) is 71.2 Å². The average Bonchev–Trinajstić information content (AvgIpc) is 3.57. The van der Waals surface area contributed by atoms with Gasteiger partial charge in [-0.3, -0.25) is 24.2 Å². The monoisotopic (exact) mass is 605 g/mol. The molecule has 5 rings (SSSR count). The lowest BCUT2D eigenvalue weighted by molar-refractivity contribution is -0.157. The van der Waals surface area contributed by atoms with Gasteiger partial charge in [0.15, 0.2) is 0 Å². The molecule has 3 amide bonds. The van der Waals surface area contributed by atoms with Crippen LogP contribution in [-0.4, -0.2) is 71.6 Å². The summed E-state index contributed by atoms with van der Waals surface area (Å²) >= 11 is 0. The van der Waals surface area contributed by atoms with Crippen molar-refractivity contribution < 1.29 is 28.7 Å². The van der Waals surface area contributed by atoms with Crippen LogP contribution in [0, 0.1) is 17.3 Å². The van der Waals surface area contributed by atoms with Crippen LogP contribution < -0.4 is 16.1 Å². The third kappa shape index (κ3) is 6.63. The predicted octanol–water partition coefficient (Wildman–Crippen LogP) is 3.05. The molecule has 3 N–H and O–H groups in total. The van der Waals surface area contributed by atoms with Gasteiger partial charge in [-0.1, -0.05) is 44.2 Å². The van der Waals surface area contributed by atoms with Crippen molar-refractivity contribution in [2.75, 3.05) is 19.8 Å². The van der Waals surface area contributed by atoms with E-state index < -0.39 is 41.5 Å².